The molecule has 0 aliphatic carbocycles. The van der Waals surface area contributed by atoms with Crippen LogP contribution in [0.3, 0.4) is 0 Å². The molecule has 1 atom stereocenters. The number of aromatic nitrogens is 3. The number of hydrogen-bond donors (Lipinski definition) is 2. The van der Waals surface area contributed by atoms with Gasteiger partial charge in [-0.15, -0.1) is 0 Å². The van der Waals surface area contributed by atoms with Gasteiger partial charge in [0.1, 0.15) is 18.7 Å². The molecule has 3 aromatic rings. The van der Waals surface area contributed by atoms with Gasteiger partial charge in [-0.3, -0.25) is 9.59 Å². The van der Waals surface area contributed by atoms with Crippen molar-refractivity contribution in [3.8, 4) is 5.69 Å². The normalized spacial score (nSPS) is 11.9. The van der Waals surface area contributed by atoms with Crippen LogP contribution in [0.1, 0.15) is 29.8 Å². The van der Waals surface area contributed by atoms with Crippen molar-refractivity contribution in [2.45, 2.75) is 26.8 Å². The van der Waals surface area contributed by atoms with Gasteiger partial charge in [0.2, 0.25) is 5.91 Å². The molecule has 1 unspecified atom stereocenters. The van der Waals surface area contributed by atoms with Gasteiger partial charge in [0, 0.05) is 11.3 Å². The second kappa shape index (κ2) is 8.47. The lowest BCUT2D eigenvalue weighted by atomic mass is 10.0. The molecule has 144 valence electrons. The quantitative estimate of drug-likeness (QED) is 0.691. The van der Waals surface area contributed by atoms with Crippen LogP contribution in [0.25, 0.3) is 5.69 Å². The first-order valence-corrected chi connectivity index (χ1v) is 9.07. The molecule has 3 rings (SSSR count). The van der Waals surface area contributed by atoms with E-state index in [0.29, 0.717) is 11.3 Å². The number of nitrogens with zero attached hydrogens (tertiary/aromatic N) is 3. The number of amides is 2. The van der Waals surface area contributed by atoms with Crippen LogP contribution in [0.2, 0.25) is 0 Å². The van der Waals surface area contributed by atoms with E-state index in [-0.39, 0.29) is 17.7 Å². The summed E-state index contributed by atoms with van der Waals surface area (Å²) in [5.74, 6) is -0.594. The first kappa shape index (κ1) is 19.3. The van der Waals surface area contributed by atoms with Gasteiger partial charge < -0.3 is 10.6 Å². The van der Waals surface area contributed by atoms with Crippen molar-refractivity contribution in [1.29, 1.82) is 0 Å². The molecule has 7 heteroatoms. The third-order valence-corrected chi connectivity index (χ3v) is 4.37. The topological polar surface area (TPSA) is 88.9 Å². The summed E-state index contributed by atoms with van der Waals surface area (Å²) in [4.78, 5) is 29.1. The lowest BCUT2D eigenvalue weighted by Gasteiger charge is -2.22. The second-order valence-electron chi connectivity index (χ2n) is 6.94. The Balaban J connectivity index is 1.67. The van der Waals surface area contributed by atoms with E-state index in [1.54, 1.807) is 35.3 Å². The lowest BCUT2D eigenvalue weighted by Crippen LogP contribution is -2.47. The number of anilines is 1. The molecular weight excluding hydrogens is 354 g/mol. The summed E-state index contributed by atoms with van der Waals surface area (Å²) >= 11 is 0. The van der Waals surface area contributed by atoms with Crippen LogP contribution in [-0.2, 0) is 4.79 Å². The maximum absolute atomic E-state index is 12.7. The standard InChI is InChI=1S/C21H23N5O2/c1-14(2)19(25-20(27)16-6-4-15(3)5-7-16)21(28)24-17-8-10-18(11-9-17)26-13-22-12-23-26/h4-14,19H,1-3H3,(H,24,28)(H,25,27). The second-order valence-corrected chi connectivity index (χ2v) is 6.94. The van der Waals surface area contributed by atoms with Crippen LogP contribution in [-0.4, -0.2) is 32.6 Å². The molecule has 2 N–H and O–H groups in total. The van der Waals surface area contributed by atoms with Crippen molar-refractivity contribution in [1.82, 2.24) is 20.1 Å². The Hall–Kier alpha value is -3.48. The molecular formula is C21H23N5O2. The Morgan fingerprint density at radius 3 is 2.25 bits per heavy atom. The van der Waals surface area contributed by atoms with Crippen LogP contribution in [0.15, 0.2) is 61.2 Å². The van der Waals surface area contributed by atoms with E-state index in [4.69, 9.17) is 0 Å². The minimum Gasteiger partial charge on any atom is -0.340 e. The van der Waals surface area contributed by atoms with Crippen molar-refractivity contribution < 1.29 is 9.59 Å². The van der Waals surface area contributed by atoms with Crippen LogP contribution >= 0.6 is 0 Å². The molecule has 0 spiro atoms. The number of carbonyl (C=O) groups is 2. The van der Waals surface area contributed by atoms with Crippen molar-refractivity contribution >= 4 is 17.5 Å². The molecule has 0 radical (unpaired) electrons. The van der Waals surface area contributed by atoms with Gasteiger partial charge >= 0.3 is 0 Å². The third kappa shape index (κ3) is 4.62. The fourth-order valence-corrected chi connectivity index (χ4v) is 2.72. The fourth-order valence-electron chi connectivity index (χ4n) is 2.72. The molecule has 0 fully saturated rings. The summed E-state index contributed by atoms with van der Waals surface area (Å²) in [6, 6.07) is 13.8. The Morgan fingerprint density at radius 2 is 1.68 bits per heavy atom. The molecule has 28 heavy (non-hydrogen) atoms. The highest BCUT2D eigenvalue weighted by Gasteiger charge is 2.24. The number of rotatable bonds is 6. The van der Waals surface area contributed by atoms with E-state index >= 15 is 0 Å². The number of hydrogen-bond acceptors (Lipinski definition) is 4. The SMILES string of the molecule is Cc1ccc(C(=O)NC(C(=O)Nc2ccc(-n3cncn3)cc2)C(C)C)cc1. The van der Waals surface area contributed by atoms with Crippen molar-refractivity contribution in [2.24, 2.45) is 5.92 Å². The number of aryl methyl sites for hydroxylation is 1. The maximum Gasteiger partial charge on any atom is 0.251 e. The Morgan fingerprint density at radius 1 is 1.00 bits per heavy atom. The molecule has 2 amide bonds. The number of carbonyl (C=O) groups excluding carboxylic acids is 2. The summed E-state index contributed by atoms with van der Waals surface area (Å²) in [6.07, 6.45) is 3.06. The van der Waals surface area contributed by atoms with Crippen LogP contribution < -0.4 is 10.6 Å². The number of benzene rings is 2. The zero-order chi connectivity index (χ0) is 20.1. The van der Waals surface area contributed by atoms with Crippen LogP contribution in [0.4, 0.5) is 5.69 Å². The minimum atomic E-state index is -0.649. The summed E-state index contributed by atoms with van der Waals surface area (Å²) in [5, 5.41) is 9.76. The summed E-state index contributed by atoms with van der Waals surface area (Å²) in [7, 11) is 0. The van der Waals surface area contributed by atoms with Gasteiger partial charge in [0.25, 0.3) is 5.91 Å². The van der Waals surface area contributed by atoms with Gasteiger partial charge in [-0.1, -0.05) is 31.5 Å². The molecule has 0 saturated carbocycles. The largest absolute Gasteiger partial charge is 0.340 e. The van der Waals surface area contributed by atoms with E-state index in [0.717, 1.165) is 11.3 Å². The highest BCUT2D eigenvalue weighted by atomic mass is 16.2. The zero-order valence-electron chi connectivity index (χ0n) is 16.1. The molecule has 0 bridgehead atoms. The molecule has 1 aromatic heterocycles. The highest BCUT2D eigenvalue weighted by molar-refractivity contribution is 6.01. The molecule has 0 aliphatic heterocycles. The van der Waals surface area contributed by atoms with Crippen molar-refractivity contribution in [3.63, 3.8) is 0 Å². The van der Waals surface area contributed by atoms with Gasteiger partial charge in [-0.25, -0.2) is 9.67 Å². The third-order valence-electron chi connectivity index (χ3n) is 4.37. The monoisotopic (exact) mass is 377 g/mol. The van der Waals surface area contributed by atoms with E-state index in [1.807, 2.05) is 45.0 Å². The first-order valence-electron chi connectivity index (χ1n) is 9.07. The average Bonchev–Trinajstić information content (AvgIpc) is 3.21. The minimum absolute atomic E-state index is 0.0659. The van der Waals surface area contributed by atoms with Gasteiger partial charge in [-0.05, 0) is 49.2 Å². The van der Waals surface area contributed by atoms with Crippen LogP contribution in [0, 0.1) is 12.8 Å². The summed E-state index contributed by atoms with van der Waals surface area (Å²) < 4.78 is 1.63. The van der Waals surface area contributed by atoms with E-state index in [9.17, 15) is 9.59 Å². The molecule has 0 aliphatic rings. The van der Waals surface area contributed by atoms with Gasteiger partial charge in [-0.2, -0.15) is 5.10 Å². The first-order chi connectivity index (χ1) is 13.4. The Labute approximate surface area is 163 Å². The predicted molar refractivity (Wildman–Crippen MR) is 107 cm³/mol. The van der Waals surface area contributed by atoms with E-state index in [2.05, 4.69) is 20.7 Å². The molecule has 0 saturated heterocycles. The molecule has 7 nitrogen and oxygen atoms in total. The summed E-state index contributed by atoms with van der Waals surface area (Å²) in [6.45, 7) is 5.75. The fraction of sp³-hybridized carbons (Fsp3) is 0.238. The molecule has 2 aromatic carbocycles. The Bertz CT molecular complexity index is 932. The Kier molecular flexibility index (Phi) is 5.84. The van der Waals surface area contributed by atoms with Crippen LogP contribution in [0.5, 0.6) is 0 Å². The number of nitrogens with one attached hydrogen (secondary N) is 2. The lowest BCUT2D eigenvalue weighted by molar-refractivity contribution is -0.118. The smallest absolute Gasteiger partial charge is 0.251 e. The van der Waals surface area contributed by atoms with Gasteiger partial charge in [0.15, 0.2) is 0 Å². The van der Waals surface area contributed by atoms with Crippen molar-refractivity contribution in [2.75, 3.05) is 5.32 Å². The predicted octanol–water partition coefficient (Wildman–Crippen LogP) is 2.97. The van der Waals surface area contributed by atoms with Crippen molar-refractivity contribution in [3.05, 3.63) is 72.3 Å². The maximum atomic E-state index is 12.7. The van der Waals surface area contributed by atoms with E-state index in [1.165, 1.54) is 6.33 Å². The zero-order valence-corrected chi connectivity index (χ0v) is 16.1. The summed E-state index contributed by atoms with van der Waals surface area (Å²) in [5.41, 5.74) is 3.08. The van der Waals surface area contributed by atoms with E-state index < -0.39 is 6.04 Å². The highest BCUT2D eigenvalue weighted by Crippen LogP contribution is 2.14. The molecule has 1 heterocycles. The van der Waals surface area contributed by atoms with Gasteiger partial charge in [0.05, 0.1) is 5.69 Å². The average molecular weight is 377 g/mol.